The zero-order valence-electron chi connectivity index (χ0n) is 13.5. The summed E-state index contributed by atoms with van der Waals surface area (Å²) in [6.45, 7) is 2.62. The molecule has 0 spiro atoms. The molecule has 2 amide bonds. The predicted octanol–water partition coefficient (Wildman–Crippen LogP) is 3.13. The van der Waals surface area contributed by atoms with Crippen LogP contribution in [0.1, 0.15) is 17.5 Å². The van der Waals surface area contributed by atoms with Crippen LogP contribution in [0.15, 0.2) is 48.5 Å². The molecule has 1 aliphatic rings. The fourth-order valence-electron chi connectivity index (χ4n) is 2.91. The Kier molecular flexibility index (Phi) is 4.97. The lowest BCUT2D eigenvalue weighted by molar-refractivity contribution is 0.252. The number of carbonyl (C=O) groups is 1. The number of nitrogens with one attached hydrogen (secondary N) is 2. The molecule has 1 heterocycles. The van der Waals surface area contributed by atoms with Crippen molar-refractivity contribution in [1.82, 2.24) is 5.32 Å². The van der Waals surface area contributed by atoms with Crippen molar-refractivity contribution in [3.8, 4) is 6.07 Å². The van der Waals surface area contributed by atoms with Gasteiger partial charge in [0.05, 0.1) is 11.6 Å². The summed E-state index contributed by atoms with van der Waals surface area (Å²) in [4.78, 5) is 14.2. The third-order valence-corrected chi connectivity index (χ3v) is 4.15. The summed E-state index contributed by atoms with van der Waals surface area (Å²) in [5, 5.41) is 14.4. The number of nitrogens with zero attached hydrogens (tertiary/aromatic N) is 2. The van der Waals surface area contributed by atoms with E-state index < -0.39 is 0 Å². The number of urea groups is 1. The van der Waals surface area contributed by atoms with Crippen molar-refractivity contribution < 1.29 is 4.79 Å². The average molecular weight is 320 g/mol. The van der Waals surface area contributed by atoms with Crippen LogP contribution in [0.3, 0.4) is 0 Å². The number of amides is 2. The maximum absolute atomic E-state index is 11.9. The molecule has 0 radical (unpaired) electrons. The molecule has 0 unspecified atom stereocenters. The fraction of sp³-hybridized carbons (Fsp3) is 0.263. The summed E-state index contributed by atoms with van der Waals surface area (Å²) < 4.78 is 0. The molecule has 1 aliphatic heterocycles. The maximum Gasteiger partial charge on any atom is 0.319 e. The lowest BCUT2D eigenvalue weighted by atomic mass is 10.2. The van der Waals surface area contributed by atoms with Gasteiger partial charge in [-0.05, 0) is 48.7 Å². The van der Waals surface area contributed by atoms with E-state index in [2.05, 4.69) is 45.9 Å². The second-order valence-electron chi connectivity index (χ2n) is 5.79. The Bertz CT molecular complexity index is 749. The van der Waals surface area contributed by atoms with Crippen molar-refractivity contribution in [2.24, 2.45) is 0 Å². The minimum Gasteiger partial charge on any atom is -0.371 e. The van der Waals surface area contributed by atoms with Crippen molar-refractivity contribution in [1.29, 1.82) is 5.26 Å². The van der Waals surface area contributed by atoms with Crippen molar-refractivity contribution in [3.05, 3.63) is 59.7 Å². The van der Waals surface area contributed by atoms with E-state index in [1.54, 1.807) is 24.3 Å². The van der Waals surface area contributed by atoms with Crippen LogP contribution in [0.4, 0.5) is 16.2 Å². The minimum absolute atomic E-state index is 0.221. The first-order chi connectivity index (χ1) is 11.8. The third kappa shape index (κ3) is 3.85. The lowest BCUT2D eigenvalue weighted by Gasteiger charge is -2.19. The minimum atomic E-state index is -0.221. The van der Waals surface area contributed by atoms with Gasteiger partial charge in [-0.25, -0.2) is 4.79 Å². The van der Waals surface area contributed by atoms with Gasteiger partial charge >= 0.3 is 6.03 Å². The molecule has 0 aliphatic carbocycles. The van der Waals surface area contributed by atoms with Gasteiger partial charge < -0.3 is 15.5 Å². The number of carbonyl (C=O) groups excluding carboxylic acids is 1. The highest BCUT2D eigenvalue weighted by molar-refractivity contribution is 5.89. The van der Waals surface area contributed by atoms with Crippen LogP contribution in [-0.2, 0) is 6.42 Å². The molecule has 0 bridgehead atoms. The van der Waals surface area contributed by atoms with Crippen molar-refractivity contribution in [2.75, 3.05) is 29.9 Å². The van der Waals surface area contributed by atoms with Gasteiger partial charge in [0.2, 0.25) is 0 Å². The molecule has 24 heavy (non-hydrogen) atoms. The first-order valence-corrected chi connectivity index (χ1v) is 8.14. The molecule has 0 fully saturated rings. The van der Waals surface area contributed by atoms with E-state index in [9.17, 15) is 4.79 Å². The quantitative estimate of drug-likeness (QED) is 0.832. The van der Waals surface area contributed by atoms with E-state index in [0.29, 0.717) is 17.8 Å². The molecule has 0 atom stereocenters. The average Bonchev–Trinajstić information content (AvgIpc) is 3.03. The number of rotatable bonds is 5. The van der Waals surface area contributed by atoms with E-state index in [1.165, 1.54) is 11.3 Å². The smallest absolute Gasteiger partial charge is 0.319 e. The molecule has 0 aromatic heterocycles. The first kappa shape index (κ1) is 15.9. The number of hydrogen-bond donors (Lipinski definition) is 2. The van der Waals surface area contributed by atoms with Gasteiger partial charge in [-0.1, -0.05) is 18.2 Å². The van der Waals surface area contributed by atoms with Crippen molar-refractivity contribution >= 4 is 17.4 Å². The van der Waals surface area contributed by atoms with Crippen molar-refractivity contribution in [3.63, 3.8) is 0 Å². The number of fused-ring (bicyclic) bond motifs is 1. The molecule has 2 aromatic rings. The monoisotopic (exact) mass is 320 g/mol. The Morgan fingerprint density at radius 3 is 2.75 bits per heavy atom. The summed E-state index contributed by atoms with van der Waals surface area (Å²) in [5.41, 5.74) is 3.98. The molecule has 0 saturated heterocycles. The van der Waals surface area contributed by atoms with E-state index in [0.717, 1.165) is 25.9 Å². The number of para-hydroxylation sites is 1. The Balaban J connectivity index is 1.39. The summed E-state index contributed by atoms with van der Waals surface area (Å²) in [5.74, 6) is 0. The van der Waals surface area contributed by atoms with Crippen LogP contribution >= 0.6 is 0 Å². The molecule has 5 heteroatoms. The number of nitriles is 1. The summed E-state index contributed by atoms with van der Waals surface area (Å²) in [6.07, 6.45) is 2.00. The largest absolute Gasteiger partial charge is 0.371 e. The summed E-state index contributed by atoms with van der Waals surface area (Å²) in [7, 11) is 0. The second-order valence-corrected chi connectivity index (χ2v) is 5.79. The fourth-order valence-corrected chi connectivity index (χ4v) is 2.91. The van der Waals surface area contributed by atoms with Gasteiger partial charge in [0.1, 0.15) is 0 Å². The highest BCUT2D eigenvalue weighted by atomic mass is 16.2. The van der Waals surface area contributed by atoms with Gasteiger partial charge in [-0.2, -0.15) is 5.26 Å². The number of anilines is 2. The highest BCUT2D eigenvalue weighted by Crippen LogP contribution is 2.27. The molecule has 3 rings (SSSR count). The summed E-state index contributed by atoms with van der Waals surface area (Å²) >= 11 is 0. The summed E-state index contributed by atoms with van der Waals surface area (Å²) in [6, 6.07) is 17.1. The van der Waals surface area contributed by atoms with Crippen LogP contribution < -0.4 is 15.5 Å². The van der Waals surface area contributed by atoms with Crippen LogP contribution in [0.2, 0.25) is 0 Å². The van der Waals surface area contributed by atoms with E-state index in [-0.39, 0.29) is 6.03 Å². The van der Waals surface area contributed by atoms with E-state index >= 15 is 0 Å². The SMILES string of the molecule is N#Cc1ccc(NC(=O)NCCCN2CCc3ccccc32)cc1. The van der Waals surface area contributed by atoms with Gasteiger partial charge in [-0.15, -0.1) is 0 Å². The number of hydrogen-bond acceptors (Lipinski definition) is 3. The van der Waals surface area contributed by atoms with Gasteiger partial charge in [-0.3, -0.25) is 0 Å². The van der Waals surface area contributed by atoms with E-state index in [4.69, 9.17) is 5.26 Å². The van der Waals surface area contributed by atoms with Crippen LogP contribution in [0.5, 0.6) is 0 Å². The standard InChI is InChI=1S/C19H20N4O/c20-14-15-6-8-17(9-7-15)22-19(24)21-11-3-12-23-13-10-16-4-1-2-5-18(16)23/h1-2,4-9H,3,10-13H2,(H2,21,22,24). The molecule has 122 valence electrons. The molecule has 2 N–H and O–H groups in total. The van der Waals surface area contributed by atoms with Gasteiger partial charge in [0, 0.05) is 31.0 Å². The first-order valence-electron chi connectivity index (χ1n) is 8.14. The molecule has 0 saturated carbocycles. The van der Waals surface area contributed by atoms with Gasteiger partial charge in [0.15, 0.2) is 0 Å². The predicted molar refractivity (Wildman–Crippen MR) is 95.2 cm³/mol. The molecule has 2 aromatic carbocycles. The highest BCUT2D eigenvalue weighted by Gasteiger charge is 2.17. The number of benzene rings is 2. The molecular weight excluding hydrogens is 300 g/mol. The lowest BCUT2D eigenvalue weighted by Crippen LogP contribution is -2.32. The van der Waals surface area contributed by atoms with Crippen LogP contribution in [-0.4, -0.2) is 25.7 Å². The van der Waals surface area contributed by atoms with Crippen molar-refractivity contribution in [2.45, 2.75) is 12.8 Å². The normalized spacial score (nSPS) is 12.4. The zero-order valence-corrected chi connectivity index (χ0v) is 13.5. The topological polar surface area (TPSA) is 68.2 Å². The van der Waals surface area contributed by atoms with Crippen LogP contribution in [0, 0.1) is 11.3 Å². The molecular formula is C19H20N4O. The third-order valence-electron chi connectivity index (χ3n) is 4.15. The van der Waals surface area contributed by atoms with Crippen LogP contribution in [0.25, 0.3) is 0 Å². The van der Waals surface area contributed by atoms with E-state index in [1.807, 2.05) is 0 Å². The Morgan fingerprint density at radius 1 is 1.17 bits per heavy atom. The zero-order chi connectivity index (χ0) is 16.8. The Morgan fingerprint density at radius 2 is 1.96 bits per heavy atom. The molecule has 5 nitrogen and oxygen atoms in total. The Labute approximate surface area is 141 Å². The Hall–Kier alpha value is -3.00. The van der Waals surface area contributed by atoms with Gasteiger partial charge in [0.25, 0.3) is 0 Å². The maximum atomic E-state index is 11.9. The second kappa shape index (κ2) is 7.51.